The van der Waals surface area contributed by atoms with Crippen LogP contribution < -0.4 is 5.32 Å². The number of nitrogens with zero attached hydrogens (tertiary/aromatic N) is 1. The maximum Gasteiger partial charge on any atom is 0.313 e. The number of nitrogens with one attached hydrogen (secondary N) is 1. The topological polar surface area (TPSA) is 69.6 Å². The Kier molecular flexibility index (Phi) is 4.59. The molecule has 1 aromatic rings. The summed E-state index contributed by atoms with van der Waals surface area (Å²) >= 11 is 0. The lowest BCUT2D eigenvalue weighted by molar-refractivity contribution is -0.142. The van der Waals surface area contributed by atoms with E-state index in [1.807, 2.05) is 0 Å². The van der Waals surface area contributed by atoms with Crippen LogP contribution in [0.4, 0.5) is 10.1 Å². The van der Waals surface area contributed by atoms with Crippen molar-refractivity contribution in [3.05, 3.63) is 30.1 Å². The van der Waals surface area contributed by atoms with Crippen LogP contribution in [0.15, 0.2) is 24.3 Å². The Balaban J connectivity index is 2.60. The molecule has 6 heteroatoms. The molecule has 2 amide bonds. The molecular weight excluding hydrogens is 227 g/mol. The Hall–Kier alpha value is -1.95. The minimum Gasteiger partial charge on any atom is -0.395 e. The molecule has 0 saturated carbocycles. The van der Waals surface area contributed by atoms with Crippen molar-refractivity contribution in [2.45, 2.75) is 0 Å². The number of likely N-dealkylation sites (N-methyl/N-ethyl adjacent to an activating group) is 1. The Morgan fingerprint density at radius 2 is 1.94 bits per heavy atom. The van der Waals surface area contributed by atoms with Gasteiger partial charge in [-0.2, -0.15) is 0 Å². The van der Waals surface area contributed by atoms with Crippen LogP contribution in [0.2, 0.25) is 0 Å². The molecule has 0 radical (unpaired) electrons. The Bertz CT molecular complexity index is 406. The number of amides is 2. The predicted molar refractivity (Wildman–Crippen MR) is 59.8 cm³/mol. The molecule has 2 N–H and O–H groups in total. The van der Waals surface area contributed by atoms with Gasteiger partial charge in [0, 0.05) is 19.3 Å². The molecule has 17 heavy (non-hydrogen) atoms. The van der Waals surface area contributed by atoms with E-state index in [-0.39, 0.29) is 13.2 Å². The average Bonchev–Trinajstić information content (AvgIpc) is 2.31. The zero-order chi connectivity index (χ0) is 12.8. The molecule has 0 atom stereocenters. The summed E-state index contributed by atoms with van der Waals surface area (Å²) in [6.07, 6.45) is 0. The van der Waals surface area contributed by atoms with Crippen LogP contribution in [0.5, 0.6) is 0 Å². The van der Waals surface area contributed by atoms with Crippen molar-refractivity contribution in [2.75, 3.05) is 25.5 Å². The second-order valence-corrected chi connectivity index (χ2v) is 3.41. The van der Waals surface area contributed by atoms with Crippen molar-refractivity contribution in [3.8, 4) is 0 Å². The molecule has 0 bridgehead atoms. The van der Waals surface area contributed by atoms with Crippen LogP contribution in [0.25, 0.3) is 0 Å². The maximum atomic E-state index is 12.6. The minimum atomic E-state index is -0.826. The first-order valence-electron chi connectivity index (χ1n) is 4.97. The van der Waals surface area contributed by atoms with E-state index in [4.69, 9.17) is 5.11 Å². The fourth-order valence-corrected chi connectivity index (χ4v) is 1.14. The highest BCUT2D eigenvalue weighted by molar-refractivity contribution is 6.39. The number of rotatable bonds is 3. The monoisotopic (exact) mass is 240 g/mol. The van der Waals surface area contributed by atoms with Gasteiger partial charge in [0.2, 0.25) is 0 Å². The summed E-state index contributed by atoms with van der Waals surface area (Å²) in [4.78, 5) is 24.0. The van der Waals surface area contributed by atoms with E-state index in [2.05, 4.69) is 5.32 Å². The highest BCUT2D eigenvalue weighted by Gasteiger charge is 2.17. The van der Waals surface area contributed by atoms with Crippen molar-refractivity contribution in [3.63, 3.8) is 0 Å². The quantitative estimate of drug-likeness (QED) is 0.742. The first-order chi connectivity index (χ1) is 8.04. The average molecular weight is 240 g/mol. The first kappa shape index (κ1) is 13.1. The summed E-state index contributed by atoms with van der Waals surface area (Å²) in [5, 5.41) is 11.0. The molecular formula is C11H13FN2O3. The molecule has 92 valence electrons. The van der Waals surface area contributed by atoms with Gasteiger partial charge in [-0.15, -0.1) is 0 Å². The van der Waals surface area contributed by atoms with E-state index < -0.39 is 17.6 Å². The number of benzene rings is 1. The number of aliphatic hydroxyl groups is 1. The molecule has 0 aliphatic carbocycles. The normalized spacial score (nSPS) is 9.82. The molecule has 0 unspecified atom stereocenters. The molecule has 0 spiro atoms. The number of carbonyl (C=O) groups excluding carboxylic acids is 2. The Labute approximate surface area is 97.8 Å². The molecule has 0 aliphatic heterocycles. The molecule has 5 nitrogen and oxygen atoms in total. The number of carbonyl (C=O) groups is 2. The van der Waals surface area contributed by atoms with Crippen LogP contribution in [-0.2, 0) is 9.59 Å². The van der Waals surface area contributed by atoms with E-state index in [0.717, 1.165) is 4.90 Å². The number of hydrogen-bond donors (Lipinski definition) is 2. The highest BCUT2D eigenvalue weighted by atomic mass is 19.1. The fourth-order valence-electron chi connectivity index (χ4n) is 1.14. The fraction of sp³-hybridized carbons (Fsp3) is 0.273. The van der Waals surface area contributed by atoms with Gasteiger partial charge in [0.25, 0.3) is 0 Å². The summed E-state index contributed by atoms with van der Waals surface area (Å²) in [5.74, 6) is -2.01. The number of halogens is 1. The summed E-state index contributed by atoms with van der Waals surface area (Å²) in [7, 11) is 1.41. The van der Waals surface area contributed by atoms with Crippen LogP contribution in [0, 0.1) is 5.82 Å². The molecule has 0 heterocycles. The Morgan fingerprint density at radius 1 is 1.35 bits per heavy atom. The molecule has 0 saturated heterocycles. The third kappa shape index (κ3) is 3.84. The zero-order valence-corrected chi connectivity index (χ0v) is 9.31. The van der Waals surface area contributed by atoms with Gasteiger partial charge < -0.3 is 15.3 Å². The molecule has 0 aromatic heterocycles. The molecule has 0 aliphatic rings. The standard InChI is InChI=1S/C11H13FN2O3/c1-14(6-7-15)11(17)10(16)13-9-4-2-8(12)3-5-9/h2-5,15H,6-7H2,1H3,(H,13,16). The van der Waals surface area contributed by atoms with Crippen LogP contribution >= 0.6 is 0 Å². The second-order valence-electron chi connectivity index (χ2n) is 3.41. The van der Waals surface area contributed by atoms with E-state index in [1.54, 1.807) is 0 Å². The highest BCUT2D eigenvalue weighted by Crippen LogP contribution is 2.08. The van der Waals surface area contributed by atoms with Gasteiger partial charge in [-0.1, -0.05) is 0 Å². The molecule has 0 fully saturated rings. The van der Waals surface area contributed by atoms with Crippen molar-refractivity contribution in [1.29, 1.82) is 0 Å². The van der Waals surface area contributed by atoms with E-state index in [0.29, 0.717) is 5.69 Å². The Morgan fingerprint density at radius 3 is 2.47 bits per heavy atom. The van der Waals surface area contributed by atoms with Gasteiger partial charge in [0.15, 0.2) is 0 Å². The number of hydrogen-bond acceptors (Lipinski definition) is 3. The third-order valence-electron chi connectivity index (χ3n) is 2.08. The van der Waals surface area contributed by atoms with Crippen molar-refractivity contribution < 1.29 is 19.1 Å². The largest absolute Gasteiger partial charge is 0.395 e. The summed E-state index contributed by atoms with van der Waals surface area (Å²) in [6, 6.07) is 5.06. The summed E-state index contributed by atoms with van der Waals surface area (Å²) in [5.41, 5.74) is 0.335. The van der Waals surface area contributed by atoms with Crippen LogP contribution in [0.3, 0.4) is 0 Å². The van der Waals surface area contributed by atoms with Crippen LogP contribution in [0.1, 0.15) is 0 Å². The molecule has 1 aromatic carbocycles. The smallest absolute Gasteiger partial charge is 0.313 e. The molecule has 1 rings (SSSR count). The van der Waals surface area contributed by atoms with Gasteiger partial charge in [-0.3, -0.25) is 9.59 Å². The van der Waals surface area contributed by atoms with Crippen LogP contribution in [-0.4, -0.2) is 42.0 Å². The lowest BCUT2D eigenvalue weighted by Crippen LogP contribution is -2.38. The van der Waals surface area contributed by atoms with Crippen molar-refractivity contribution in [2.24, 2.45) is 0 Å². The minimum absolute atomic E-state index is 0.0790. The van der Waals surface area contributed by atoms with Gasteiger partial charge >= 0.3 is 11.8 Å². The van der Waals surface area contributed by atoms with Gasteiger partial charge in [-0.25, -0.2) is 4.39 Å². The van der Waals surface area contributed by atoms with Gasteiger partial charge in [0.05, 0.1) is 6.61 Å². The summed E-state index contributed by atoms with van der Waals surface area (Å²) < 4.78 is 12.6. The summed E-state index contributed by atoms with van der Waals surface area (Å²) in [6.45, 7) is -0.137. The second kappa shape index (κ2) is 5.95. The SMILES string of the molecule is CN(CCO)C(=O)C(=O)Nc1ccc(F)cc1. The number of aliphatic hydroxyl groups excluding tert-OH is 1. The van der Waals surface area contributed by atoms with Gasteiger partial charge in [-0.05, 0) is 24.3 Å². The van der Waals surface area contributed by atoms with E-state index in [1.165, 1.54) is 31.3 Å². The van der Waals surface area contributed by atoms with E-state index in [9.17, 15) is 14.0 Å². The third-order valence-corrected chi connectivity index (χ3v) is 2.08. The van der Waals surface area contributed by atoms with Crippen molar-refractivity contribution in [1.82, 2.24) is 4.90 Å². The van der Waals surface area contributed by atoms with Crippen molar-refractivity contribution >= 4 is 17.5 Å². The van der Waals surface area contributed by atoms with E-state index >= 15 is 0 Å². The zero-order valence-electron chi connectivity index (χ0n) is 9.31. The van der Waals surface area contributed by atoms with Gasteiger partial charge in [0.1, 0.15) is 5.82 Å². The lowest BCUT2D eigenvalue weighted by Gasteiger charge is -2.14. The maximum absolute atomic E-state index is 12.6. The first-order valence-corrected chi connectivity index (χ1v) is 4.97. The number of anilines is 1. The predicted octanol–water partition coefficient (Wildman–Crippen LogP) is 0.215. The lowest BCUT2D eigenvalue weighted by atomic mass is 10.3.